The van der Waals surface area contributed by atoms with Gasteiger partial charge in [-0.3, -0.25) is 9.59 Å². The van der Waals surface area contributed by atoms with Crippen molar-refractivity contribution in [3.8, 4) is 0 Å². The summed E-state index contributed by atoms with van der Waals surface area (Å²) < 4.78 is 0. The summed E-state index contributed by atoms with van der Waals surface area (Å²) in [6.07, 6.45) is 1.67. The molecule has 19 heavy (non-hydrogen) atoms. The number of likely N-dealkylation sites (N-methyl/N-ethyl adjacent to an activating group) is 1. The summed E-state index contributed by atoms with van der Waals surface area (Å²) in [5.74, 6) is -0.799. The molecule has 2 amide bonds. The molecular weight excluding hydrogens is 266 g/mol. The summed E-state index contributed by atoms with van der Waals surface area (Å²) in [4.78, 5) is 28.7. The van der Waals surface area contributed by atoms with E-state index in [0.29, 0.717) is 12.1 Å². The summed E-state index contributed by atoms with van der Waals surface area (Å²) >= 11 is 5.91. The fraction of sp³-hybridized carbons (Fsp3) is 0.462. The first-order valence-electron chi connectivity index (χ1n) is 6.22. The van der Waals surface area contributed by atoms with Gasteiger partial charge in [-0.05, 0) is 25.5 Å². The number of rotatable bonds is 6. The fourth-order valence-corrected chi connectivity index (χ4v) is 1.98. The van der Waals surface area contributed by atoms with E-state index in [2.05, 4.69) is 4.98 Å². The highest BCUT2D eigenvalue weighted by molar-refractivity contribution is 6.29. The molecule has 5 nitrogen and oxygen atoms in total. The molecule has 0 aromatic carbocycles. The van der Waals surface area contributed by atoms with Crippen LogP contribution in [0, 0.1) is 0 Å². The van der Waals surface area contributed by atoms with Gasteiger partial charge in [0.05, 0.1) is 6.54 Å². The second-order valence-corrected chi connectivity index (χ2v) is 4.59. The Hall–Kier alpha value is -1.62. The van der Waals surface area contributed by atoms with E-state index in [9.17, 15) is 9.59 Å². The minimum absolute atomic E-state index is 0.0988. The lowest BCUT2D eigenvalue weighted by Gasteiger charge is -2.19. The molecule has 104 valence electrons. The number of aryl methyl sites for hydroxylation is 1. The van der Waals surface area contributed by atoms with E-state index >= 15 is 0 Å². The molecule has 6 heteroatoms. The highest BCUT2D eigenvalue weighted by atomic mass is 35.5. The van der Waals surface area contributed by atoms with Crippen LogP contribution in [0.4, 0.5) is 0 Å². The Morgan fingerprint density at radius 2 is 2.05 bits per heavy atom. The molecule has 1 aromatic rings. The Morgan fingerprint density at radius 1 is 1.37 bits per heavy atom. The summed E-state index contributed by atoms with van der Waals surface area (Å²) in [5.41, 5.74) is 6.33. The number of aromatic nitrogens is 1. The van der Waals surface area contributed by atoms with Gasteiger partial charge in [-0.25, -0.2) is 4.98 Å². The Kier molecular flexibility index (Phi) is 5.76. The van der Waals surface area contributed by atoms with Gasteiger partial charge < -0.3 is 10.6 Å². The lowest BCUT2D eigenvalue weighted by Crippen LogP contribution is -2.38. The number of primary amides is 1. The zero-order valence-corrected chi connectivity index (χ0v) is 11.9. The van der Waals surface area contributed by atoms with E-state index in [4.69, 9.17) is 17.3 Å². The molecule has 0 bridgehead atoms. The van der Waals surface area contributed by atoms with Crippen LogP contribution >= 0.6 is 11.6 Å². The first kappa shape index (κ1) is 15.4. The highest BCUT2D eigenvalue weighted by Gasteiger charge is 2.17. The topological polar surface area (TPSA) is 76.3 Å². The van der Waals surface area contributed by atoms with Crippen molar-refractivity contribution < 1.29 is 9.59 Å². The summed E-state index contributed by atoms with van der Waals surface area (Å²) in [6, 6.07) is 3.22. The number of carbonyl (C=O) groups excluding carboxylic acids is 2. The van der Waals surface area contributed by atoms with Crippen LogP contribution in [0.1, 0.15) is 36.3 Å². The fourth-order valence-electron chi connectivity index (χ4n) is 1.76. The minimum atomic E-state index is -0.538. The second-order valence-electron chi connectivity index (χ2n) is 4.21. The molecule has 0 saturated heterocycles. The first-order chi connectivity index (χ1) is 8.97. The number of amides is 2. The molecule has 2 N–H and O–H groups in total. The van der Waals surface area contributed by atoms with Gasteiger partial charge >= 0.3 is 0 Å². The Labute approximate surface area is 117 Å². The maximum atomic E-state index is 12.3. The van der Waals surface area contributed by atoms with E-state index in [0.717, 1.165) is 18.5 Å². The third-order valence-electron chi connectivity index (χ3n) is 2.62. The van der Waals surface area contributed by atoms with E-state index in [1.807, 2.05) is 6.92 Å². The van der Waals surface area contributed by atoms with Gasteiger partial charge in [0.15, 0.2) is 0 Å². The van der Waals surface area contributed by atoms with Gasteiger partial charge in [0.25, 0.3) is 5.91 Å². The molecular formula is C13H18ClN3O2. The number of nitrogens with zero attached hydrogens (tertiary/aromatic N) is 2. The predicted molar refractivity (Wildman–Crippen MR) is 74.0 cm³/mol. The molecule has 0 spiro atoms. The maximum Gasteiger partial charge on any atom is 0.254 e. The van der Waals surface area contributed by atoms with E-state index in [1.165, 1.54) is 11.0 Å². The van der Waals surface area contributed by atoms with Crippen LogP contribution in [0.25, 0.3) is 0 Å². The molecule has 0 saturated carbocycles. The molecule has 0 atom stereocenters. The van der Waals surface area contributed by atoms with Crippen molar-refractivity contribution in [1.29, 1.82) is 0 Å². The molecule has 0 aliphatic carbocycles. The quantitative estimate of drug-likeness (QED) is 0.806. The molecule has 1 rings (SSSR count). The van der Waals surface area contributed by atoms with E-state index < -0.39 is 5.91 Å². The van der Waals surface area contributed by atoms with Gasteiger partial charge in [0.2, 0.25) is 5.91 Å². The molecule has 0 aliphatic heterocycles. The van der Waals surface area contributed by atoms with Crippen LogP contribution in [0.5, 0.6) is 0 Å². The Balaban J connectivity index is 3.00. The number of carbonyl (C=O) groups is 2. The Bertz CT molecular complexity index is 477. The van der Waals surface area contributed by atoms with E-state index in [1.54, 1.807) is 13.0 Å². The van der Waals surface area contributed by atoms with Crippen LogP contribution in [0.3, 0.4) is 0 Å². The van der Waals surface area contributed by atoms with E-state index in [-0.39, 0.29) is 17.6 Å². The number of nitrogens with two attached hydrogens (primary N) is 1. The lowest BCUT2D eigenvalue weighted by molar-refractivity contribution is -0.118. The third-order valence-corrected chi connectivity index (χ3v) is 2.81. The van der Waals surface area contributed by atoms with Crippen molar-refractivity contribution in [3.63, 3.8) is 0 Å². The standard InChI is InChI=1S/C13H18ClN3O2/c1-3-5-10-6-9(7-11(14)16-10)13(19)17(4-2)8-12(15)18/h6-7H,3-5,8H2,1-2H3,(H2,15,18). The third kappa shape index (κ3) is 4.52. The molecule has 0 radical (unpaired) electrons. The van der Waals surface area contributed by atoms with Crippen LogP contribution in [-0.2, 0) is 11.2 Å². The number of hydrogen-bond acceptors (Lipinski definition) is 3. The number of halogens is 1. The van der Waals surface area contributed by atoms with Crippen molar-refractivity contribution in [3.05, 3.63) is 28.5 Å². The Morgan fingerprint density at radius 3 is 2.58 bits per heavy atom. The summed E-state index contributed by atoms with van der Waals surface area (Å²) in [7, 11) is 0. The van der Waals surface area contributed by atoms with Crippen molar-refractivity contribution in [1.82, 2.24) is 9.88 Å². The molecule has 1 aromatic heterocycles. The SMILES string of the molecule is CCCc1cc(C(=O)N(CC)CC(N)=O)cc(Cl)n1. The van der Waals surface area contributed by atoms with Gasteiger partial charge in [-0.1, -0.05) is 24.9 Å². The average molecular weight is 284 g/mol. The zero-order chi connectivity index (χ0) is 14.4. The summed E-state index contributed by atoms with van der Waals surface area (Å²) in [5, 5.41) is 0.282. The normalized spacial score (nSPS) is 10.3. The van der Waals surface area contributed by atoms with Crippen LogP contribution in [0.15, 0.2) is 12.1 Å². The predicted octanol–water partition coefficient (Wildman–Crippen LogP) is 1.63. The molecule has 0 aliphatic rings. The molecule has 1 heterocycles. The zero-order valence-electron chi connectivity index (χ0n) is 11.1. The average Bonchev–Trinajstić information content (AvgIpc) is 2.34. The largest absolute Gasteiger partial charge is 0.368 e. The first-order valence-corrected chi connectivity index (χ1v) is 6.59. The van der Waals surface area contributed by atoms with Gasteiger partial charge in [-0.2, -0.15) is 0 Å². The number of hydrogen-bond donors (Lipinski definition) is 1. The van der Waals surface area contributed by atoms with Crippen molar-refractivity contribution in [2.75, 3.05) is 13.1 Å². The van der Waals surface area contributed by atoms with Crippen molar-refractivity contribution >= 4 is 23.4 Å². The van der Waals surface area contributed by atoms with Gasteiger partial charge in [-0.15, -0.1) is 0 Å². The second kappa shape index (κ2) is 7.09. The number of pyridine rings is 1. The molecule has 0 fully saturated rings. The van der Waals surface area contributed by atoms with Crippen LogP contribution < -0.4 is 5.73 Å². The lowest BCUT2D eigenvalue weighted by atomic mass is 10.1. The van der Waals surface area contributed by atoms with Crippen LogP contribution in [0.2, 0.25) is 5.15 Å². The minimum Gasteiger partial charge on any atom is -0.368 e. The van der Waals surface area contributed by atoms with Crippen LogP contribution in [-0.4, -0.2) is 34.8 Å². The highest BCUT2D eigenvalue weighted by Crippen LogP contribution is 2.14. The van der Waals surface area contributed by atoms with Gasteiger partial charge in [0.1, 0.15) is 5.15 Å². The smallest absolute Gasteiger partial charge is 0.254 e. The van der Waals surface area contributed by atoms with Gasteiger partial charge in [0, 0.05) is 17.8 Å². The summed E-state index contributed by atoms with van der Waals surface area (Å²) in [6.45, 7) is 4.12. The maximum absolute atomic E-state index is 12.3. The van der Waals surface area contributed by atoms with Crippen molar-refractivity contribution in [2.24, 2.45) is 5.73 Å². The van der Waals surface area contributed by atoms with Crippen molar-refractivity contribution in [2.45, 2.75) is 26.7 Å². The molecule has 0 unspecified atom stereocenters. The monoisotopic (exact) mass is 283 g/mol.